The molecule has 1 aromatic heterocycles. The summed E-state index contributed by atoms with van der Waals surface area (Å²) in [7, 11) is 1.48. The molecule has 0 spiro atoms. The third-order valence-corrected chi connectivity index (χ3v) is 1.08. The molecule has 0 amide bonds. The predicted molar refractivity (Wildman–Crippen MR) is 39.2 cm³/mol. The van der Waals surface area contributed by atoms with Gasteiger partial charge >= 0.3 is 0 Å². The molecule has 0 saturated heterocycles. The lowest BCUT2D eigenvalue weighted by atomic mass is 10.4. The van der Waals surface area contributed by atoms with Crippen molar-refractivity contribution >= 4 is 5.69 Å². The average molecular weight is 153 g/mol. The van der Waals surface area contributed by atoms with E-state index in [2.05, 4.69) is 15.2 Å². The van der Waals surface area contributed by atoms with E-state index in [0.29, 0.717) is 0 Å². The molecule has 2 N–H and O–H groups in total. The molecule has 0 atom stereocenters. The van der Waals surface area contributed by atoms with E-state index in [9.17, 15) is 4.79 Å². The van der Waals surface area contributed by atoms with Crippen LogP contribution in [0, 0.1) is 0 Å². The fourth-order valence-corrected chi connectivity index (χ4v) is 0.644. The number of aromatic nitrogens is 1. The molecule has 5 nitrogen and oxygen atoms in total. The fraction of sp³-hybridized carbons (Fsp3) is 0.167. The van der Waals surface area contributed by atoms with Gasteiger partial charge in [0.05, 0.1) is 0 Å². The van der Waals surface area contributed by atoms with E-state index in [1.54, 1.807) is 0 Å². The highest BCUT2D eigenvalue weighted by atomic mass is 16.3. The molecule has 0 saturated carbocycles. The summed E-state index contributed by atoms with van der Waals surface area (Å²) in [6.45, 7) is 0. The van der Waals surface area contributed by atoms with Gasteiger partial charge in [0, 0.05) is 13.1 Å². The molecule has 0 aromatic carbocycles. The number of aromatic amines is 1. The Labute approximate surface area is 62.4 Å². The molecule has 1 rings (SSSR count). The average Bonchev–Trinajstić information content (AvgIpc) is 1.95. The maximum absolute atomic E-state index is 10.6. The quantitative estimate of drug-likeness (QED) is 0.585. The highest BCUT2D eigenvalue weighted by Gasteiger charge is 1.97. The van der Waals surface area contributed by atoms with Crippen LogP contribution in [-0.4, -0.2) is 17.1 Å². The maximum Gasteiger partial charge on any atom is 0.250 e. The van der Waals surface area contributed by atoms with Gasteiger partial charge in [0.2, 0.25) is 5.88 Å². The number of nitrogens with zero attached hydrogens (tertiary/aromatic N) is 2. The largest absolute Gasteiger partial charge is 0.493 e. The molecule has 0 aliphatic carbocycles. The minimum Gasteiger partial charge on any atom is -0.493 e. The van der Waals surface area contributed by atoms with Crippen molar-refractivity contribution in [2.45, 2.75) is 0 Å². The summed E-state index contributed by atoms with van der Waals surface area (Å²) < 4.78 is 0. The Morgan fingerprint density at radius 3 is 2.82 bits per heavy atom. The Kier molecular flexibility index (Phi) is 2.00. The SMILES string of the molecule is CN=Nc1ccc(=O)[nH]c1O. The van der Waals surface area contributed by atoms with Crippen molar-refractivity contribution in [3.8, 4) is 5.88 Å². The Balaban J connectivity index is 3.19. The molecule has 11 heavy (non-hydrogen) atoms. The minimum atomic E-state index is -0.363. The van der Waals surface area contributed by atoms with Crippen LogP contribution >= 0.6 is 0 Å². The highest BCUT2D eigenvalue weighted by molar-refractivity contribution is 5.44. The van der Waals surface area contributed by atoms with Gasteiger partial charge in [-0.3, -0.25) is 9.78 Å². The minimum absolute atomic E-state index is 0.257. The summed E-state index contributed by atoms with van der Waals surface area (Å²) in [6, 6.07) is 2.66. The number of hydrogen-bond donors (Lipinski definition) is 2. The summed E-state index contributed by atoms with van der Waals surface area (Å²) in [6.07, 6.45) is 0. The number of pyridine rings is 1. The molecule has 0 radical (unpaired) electrons. The molecule has 5 heteroatoms. The van der Waals surface area contributed by atoms with E-state index in [1.807, 2.05) is 0 Å². The van der Waals surface area contributed by atoms with Crippen LogP contribution in [0.25, 0.3) is 0 Å². The summed E-state index contributed by atoms with van der Waals surface area (Å²) in [5, 5.41) is 16.0. The normalized spacial score (nSPS) is 10.6. The maximum atomic E-state index is 10.6. The van der Waals surface area contributed by atoms with E-state index in [-0.39, 0.29) is 17.1 Å². The predicted octanol–water partition coefficient (Wildman–Crippen LogP) is 0.794. The van der Waals surface area contributed by atoms with Crippen molar-refractivity contribution in [3.05, 3.63) is 22.5 Å². The first-order valence-corrected chi connectivity index (χ1v) is 2.96. The van der Waals surface area contributed by atoms with Gasteiger partial charge in [0.25, 0.3) is 5.56 Å². The molecular formula is C6H7N3O2. The van der Waals surface area contributed by atoms with Crippen LogP contribution in [0.1, 0.15) is 0 Å². The summed E-state index contributed by atoms with van der Waals surface area (Å²) in [5.74, 6) is -0.261. The zero-order valence-corrected chi connectivity index (χ0v) is 5.90. The van der Waals surface area contributed by atoms with E-state index in [1.165, 1.54) is 19.2 Å². The first-order chi connectivity index (χ1) is 5.24. The van der Waals surface area contributed by atoms with E-state index < -0.39 is 0 Å². The van der Waals surface area contributed by atoms with Crippen LogP contribution in [0.3, 0.4) is 0 Å². The first-order valence-electron chi connectivity index (χ1n) is 2.96. The van der Waals surface area contributed by atoms with E-state index in [4.69, 9.17) is 5.11 Å². The molecule has 0 bridgehead atoms. The lowest BCUT2D eigenvalue weighted by molar-refractivity contribution is 0.453. The molecule has 0 aliphatic rings. The fourth-order valence-electron chi connectivity index (χ4n) is 0.644. The zero-order valence-electron chi connectivity index (χ0n) is 5.90. The highest BCUT2D eigenvalue weighted by Crippen LogP contribution is 2.20. The number of azo groups is 1. The summed E-state index contributed by atoms with van der Waals surface area (Å²) in [5.41, 5.74) is -0.107. The molecular weight excluding hydrogens is 146 g/mol. The van der Waals surface area contributed by atoms with Gasteiger partial charge in [-0.1, -0.05) is 0 Å². The Bertz CT molecular complexity index is 329. The van der Waals surface area contributed by atoms with Crippen molar-refractivity contribution in [1.29, 1.82) is 0 Å². The second-order valence-corrected chi connectivity index (χ2v) is 1.86. The van der Waals surface area contributed by atoms with Gasteiger partial charge in [-0.2, -0.15) is 10.2 Å². The lowest BCUT2D eigenvalue weighted by Crippen LogP contribution is -2.00. The van der Waals surface area contributed by atoms with Crippen molar-refractivity contribution in [2.24, 2.45) is 10.2 Å². The molecule has 58 valence electrons. The molecule has 1 heterocycles. The Hall–Kier alpha value is -1.65. The van der Waals surface area contributed by atoms with E-state index in [0.717, 1.165) is 0 Å². The second-order valence-electron chi connectivity index (χ2n) is 1.86. The van der Waals surface area contributed by atoms with Gasteiger partial charge in [-0.25, -0.2) is 0 Å². The van der Waals surface area contributed by atoms with Crippen LogP contribution in [0.5, 0.6) is 5.88 Å². The molecule has 0 aliphatic heterocycles. The van der Waals surface area contributed by atoms with E-state index >= 15 is 0 Å². The van der Waals surface area contributed by atoms with Crippen LogP contribution in [0.2, 0.25) is 0 Å². The van der Waals surface area contributed by atoms with Crippen LogP contribution < -0.4 is 5.56 Å². The van der Waals surface area contributed by atoms with Gasteiger partial charge < -0.3 is 5.11 Å². The van der Waals surface area contributed by atoms with Crippen molar-refractivity contribution < 1.29 is 5.11 Å². The van der Waals surface area contributed by atoms with Crippen molar-refractivity contribution in [1.82, 2.24) is 4.98 Å². The zero-order chi connectivity index (χ0) is 8.27. The molecule has 0 unspecified atom stereocenters. The third-order valence-electron chi connectivity index (χ3n) is 1.08. The van der Waals surface area contributed by atoms with Gasteiger partial charge in [-0.05, 0) is 6.07 Å². The van der Waals surface area contributed by atoms with Crippen molar-refractivity contribution in [3.63, 3.8) is 0 Å². The molecule has 0 fully saturated rings. The lowest BCUT2D eigenvalue weighted by Gasteiger charge is -1.93. The van der Waals surface area contributed by atoms with Crippen molar-refractivity contribution in [2.75, 3.05) is 7.05 Å². The second kappa shape index (κ2) is 2.96. The number of rotatable bonds is 1. The van der Waals surface area contributed by atoms with Gasteiger partial charge in [-0.15, -0.1) is 0 Å². The summed E-state index contributed by atoms with van der Waals surface area (Å²) in [4.78, 5) is 12.7. The number of nitrogens with one attached hydrogen (secondary N) is 1. The smallest absolute Gasteiger partial charge is 0.250 e. The number of aromatic hydroxyl groups is 1. The topological polar surface area (TPSA) is 77.8 Å². The van der Waals surface area contributed by atoms with Gasteiger partial charge in [0.1, 0.15) is 5.69 Å². The monoisotopic (exact) mass is 153 g/mol. The van der Waals surface area contributed by atoms with Gasteiger partial charge in [0.15, 0.2) is 0 Å². The first kappa shape index (κ1) is 7.46. The third kappa shape index (κ3) is 1.64. The Morgan fingerprint density at radius 1 is 1.55 bits per heavy atom. The molecule has 1 aromatic rings. The standard InChI is InChI=1S/C6H7N3O2/c1-7-9-4-2-3-5(10)8-6(4)11/h2-3H,1H3,(H2,8,10,11). The Morgan fingerprint density at radius 2 is 2.27 bits per heavy atom. The number of H-pyrrole nitrogens is 1. The van der Waals surface area contributed by atoms with Crippen LogP contribution in [0.4, 0.5) is 5.69 Å². The van der Waals surface area contributed by atoms with Crippen LogP contribution in [-0.2, 0) is 0 Å². The summed E-state index contributed by atoms with van der Waals surface area (Å²) >= 11 is 0. The number of hydrogen-bond acceptors (Lipinski definition) is 4. The van der Waals surface area contributed by atoms with Crippen LogP contribution in [0.15, 0.2) is 27.2 Å².